The van der Waals surface area contributed by atoms with E-state index in [1.807, 2.05) is 20.8 Å². The Labute approximate surface area is 112 Å². The van der Waals surface area contributed by atoms with Crippen LogP contribution in [0.3, 0.4) is 0 Å². The van der Waals surface area contributed by atoms with Gasteiger partial charge < -0.3 is 10.6 Å². The second-order valence-electron chi connectivity index (χ2n) is 5.75. The van der Waals surface area contributed by atoms with Gasteiger partial charge in [0.2, 0.25) is 11.7 Å². The molecular formula is C12H21N5O2. The molecular weight excluding hydrogens is 246 g/mol. The first-order chi connectivity index (χ1) is 8.62. The van der Waals surface area contributed by atoms with Gasteiger partial charge in [0, 0.05) is 11.5 Å². The van der Waals surface area contributed by atoms with Gasteiger partial charge in [0.05, 0.1) is 6.54 Å². The Morgan fingerprint density at radius 3 is 2.32 bits per heavy atom. The number of aromatic nitrogens is 3. The van der Waals surface area contributed by atoms with Gasteiger partial charge in [0.25, 0.3) is 5.91 Å². The number of aromatic amines is 1. The second-order valence-corrected chi connectivity index (χ2v) is 5.75. The van der Waals surface area contributed by atoms with E-state index in [1.165, 1.54) is 4.90 Å². The lowest BCUT2D eigenvalue weighted by molar-refractivity contribution is -0.119. The van der Waals surface area contributed by atoms with Crippen molar-refractivity contribution >= 4 is 11.8 Å². The molecule has 0 aliphatic heterocycles. The van der Waals surface area contributed by atoms with Crippen LogP contribution in [-0.2, 0) is 10.2 Å². The molecule has 0 aliphatic carbocycles. The van der Waals surface area contributed by atoms with Crippen LogP contribution in [0, 0.1) is 0 Å². The van der Waals surface area contributed by atoms with Crippen molar-refractivity contribution in [3.8, 4) is 0 Å². The summed E-state index contributed by atoms with van der Waals surface area (Å²) in [6, 6.07) is -0.156. The molecule has 106 valence electrons. The van der Waals surface area contributed by atoms with Crippen LogP contribution in [0.2, 0.25) is 0 Å². The molecule has 0 fully saturated rings. The molecule has 0 saturated heterocycles. The van der Waals surface area contributed by atoms with Crippen molar-refractivity contribution in [1.82, 2.24) is 20.1 Å². The largest absolute Gasteiger partial charge is 0.368 e. The number of hydrogen-bond acceptors (Lipinski definition) is 4. The molecule has 1 heterocycles. The molecule has 7 nitrogen and oxygen atoms in total. The maximum atomic E-state index is 12.2. The van der Waals surface area contributed by atoms with E-state index < -0.39 is 11.8 Å². The molecule has 2 amide bonds. The summed E-state index contributed by atoms with van der Waals surface area (Å²) in [6.45, 7) is 9.36. The summed E-state index contributed by atoms with van der Waals surface area (Å²) in [5, 5.41) is 6.66. The molecule has 0 aromatic carbocycles. The molecule has 0 bridgehead atoms. The Hall–Kier alpha value is -1.92. The van der Waals surface area contributed by atoms with Crippen molar-refractivity contribution in [2.75, 3.05) is 6.54 Å². The predicted octanol–water partition coefficient (Wildman–Crippen LogP) is 0.438. The Bertz CT molecular complexity index is 473. The minimum atomic E-state index is -0.561. The van der Waals surface area contributed by atoms with Crippen LogP contribution >= 0.6 is 0 Å². The smallest absolute Gasteiger partial charge is 0.294 e. The minimum absolute atomic E-state index is 0.0554. The Morgan fingerprint density at radius 2 is 1.95 bits per heavy atom. The maximum Gasteiger partial charge on any atom is 0.294 e. The highest BCUT2D eigenvalue weighted by Crippen LogP contribution is 2.17. The monoisotopic (exact) mass is 267 g/mol. The van der Waals surface area contributed by atoms with Gasteiger partial charge in [-0.15, -0.1) is 5.10 Å². The summed E-state index contributed by atoms with van der Waals surface area (Å²) in [7, 11) is 0. The number of nitrogens with one attached hydrogen (secondary N) is 1. The SMILES string of the molecule is CC(C)N(CC(N)=O)C(=O)c1n[nH]c(C(C)(C)C)n1. The Balaban J connectivity index is 2.97. The summed E-state index contributed by atoms with van der Waals surface area (Å²) in [5.41, 5.74) is 4.92. The summed E-state index contributed by atoms with van der Waals surface area (Å²) < 4.78 is 0. The topological polar surface area (TPSA) is 105 Å². The fourth-order valence-corrected chi connectivity index (χ4v) is 1.48. The minimum Gasteiger partial charge on any atom is -0.368 e. The van der Waals surface area contributed by atoms with Gasteiger partial charge in [0.1, 0.15) is 5.82 Å². The van der Waals surface area contributed by atoms with Gasteiger partial charge in [0.15, 0.2) is 0 Å². The summed E-state index contributed by atoms with van der Waals surface area (Å²) in [4.78, 5) is 28.8. The third-order valence-electron chi connectivity index (χ3n) is 2.60. The molecule has 19 heavy (non-hydrogen) atoms. The molecule has 1 aromatic heterocycles. The van der Waals surface area contributed by atoms with Crippen LogP contribution in [0.15, 0.2) is 0 Å². The van der Waals surface area contributed by atoms with Gasteiger partial charge in [-0.3, -0.25) is 14.7 Å². The molecule has 0 spiro atoms. The van der Waals surface area contributed by atoms with E-state index in [2.05, 4.69) is 15.2 Å². The number of nitrogens with two attached hydrogens (primary N) is 1. The highest BCUT2D eigenvalue weighted by Gasteiger charge is 2.26. The lowest BCUT2D eigenvalue weighted by Gasteiger charge is -2.23. The van der Waals surface area contributed by atoms with Crippen molar-refractivity contribution in [3.05, 3.63) is 11.6 Å². The molecule has 0 radical (unpaired) electrons. The zero-order valence-corrected chi connectivity index (χ0v) is 12.0. The maximum absolute atomic E-state index is 12.2. The lowest BCUT2D eigenvalue weighted by Crippen LogP contribution is -2.43. The van der Waals surface area contributed by atoms with Crippen LogP contribution in [0.4, 0.5) is 0 Å². The quantitative estimate of drug-likeness (QED) is 0.825. The third-order valence-corrected chi connectivity index (χ3v) is 2.60. The van der Waals surface area contributed by atoms with Crippen molar-refractivity contribution in [2.24, 2.45) is 5.73 Å². The van der Waals surface area contributed by atoms with E-state index in [4.69, 9.17) is 5.73 Å². The number of amides is 2. The number of rotatable bonds is 4. The summed E-state index contributed by atoms with van der Waals surface area (Å²) >= 11 is 0. The molecule has 3 N–H and O–H groups in total. The first-order valence-corrected chi connectivity index (χ1v) is 6.15. The molecule has 0 unspecified atom stereocenters. The molecule has 1 rings (SSSR count). The van der Waals surface area contributed by atoms with Gasteiger partial charge in [-0.1, -0.05) is 20.8 Å². The van der Waals surface area contributed by atoms with E-state index in [1.54, 1.807) is 13.8 Å². The molecule has 0 aliphatic rings. The first kappa shape index (κ1) is 15.1. The van der Waals surface area contributed by atoms with Crippen LogP contribution in [0.25, 0.3) is 0 Å². The highest BCUT2D eigenvalue weighted by atomic mass is 16.2. The van der Waals surface area contributed by atoms with E-state index >= 15 is 0 Å². The predicted molar refractivity (Wildman–Crippen MR) is 70.4 cm³/mol. The number of nitrogens with zero attached hydrogens (tertiary/aromatic N) is 3. The van der Waals surface area contributed by atoms with Crippen molar-refractivity contribution < 1.29 is 9.59 Å². The Morgan fingerprint density at radius 1 is 1.37 bits per heavy atom. The van der Waals surface area contributed by atoms with Crippen LogP contribution in [0.1, 0.15) is 51.1 Å². The van der Waals surface area contributed by atoms with E-state index in [9.17, 15) is 9.59 Å². The fraction of sp³-hybridized carbons (Fsp3) is 0.667. The van der Waals surface area contributed by atoms with E-state index in [-0.39, 0.29) is 23.8 Å². The van der Waals surface area contributed by atoms with Crippen molar-refractivity contribution in [3.63, 3.8) is 0 Å². The normalized spacial score (nSPS) is 11.7. The van der Waals surface area contributed by atoms with Gasteiger partial charge in [-0.25, -0.2) is 4.98 Å². The highest BCUT2D eigenvalue weighted by molar-refractivity contribution is 5.93. The Kier molecular flexibility index (Phi) is 4.28. The van der Waals surface area contributed by atoms with Gasteiger partial charge in [-0.2, -0.15) is 0 Å². The number of H-pyrrole nitrogens is 1. The van der Waals surface area contributed by atoms with E-state index in [0.717, 1.165) is 0 Å². The van der Waals surface area contributed by atoms with Gasteiger partial charge >= 0.3 is 0 Å². The molecule has 1 aromatic rings. The van der Waals surface area contributed by atoms with E-state index in [0.29, 0.717) is 5.82 Å². The average molecular weight is 267 g/mol. The molecule has 0 saturated carbocycles. The standard InChI is InChI=1S/C12H21N5O2/c1-7(2)17(6-8(13)18)10(19)9-14-11(16-15-9)12(3,4)5/h7H,6H2,1-5H3,(H2,13,18)(H,14,15,16). The third kappa shape index (κ3) is 3.77. The van der Waals surface area contributed by atoms with Crippen LogP contribution < -0.4 is 5.73 Å². The first-order valence-electron chi connectivity index (χ1n) is 6.15. The summed E-state index contributed by atoms with van der Waals surface area (Å²) in [5.74, 6) is -0.285. The molecule has 7 heteroatoms. The van der Waals surface area contributed by atoms with Crippen molar-refractivity contribution in [2.45, 2.75) is 46.1 Å². The number of carbonyl (C=O) groups is 2. The number of hydrogen-bond donors (Lipinski definition) is 2. The second kappa shape index (κ2) is 5.38. The van der Waals surface area contributed by atoms with Crippen molar-refractivity contribution in [1.29, 1.82) is 0 Å². The molecule has 0 atom stereocenters. The van der Waals surface area contributed by atoms with Crippen LogP contribution in [0.5, 0.6) is 0 Å². The van der Waals surface area contributed by atoms with Gasteiger partial charge in [-0.05, 0) is 13.8 Å². The summed E-state index contributed by atoms with van der Waals surface area (Å²) in [6.07, 6.45) is 0. The number of carbonyl (C=O) groups excluding carboxylic acids is 2. The number of primary amides is 1. The average Bonchev–Trinajstić information content (AvgIpc) is 2.72. The fourth-order valence-electron chi connectivity index (χ4n) is 1.48. The van der Waals surface area contributed by atoms with Crippen LogP contribution in [-0.4, -0.2) is 44.5 Å². The zero-order chi connectivity index (χ0) is 14.8. The lowest BCUT2D eigenvalue weighted by atomic mass is 9.96. The zero-order valence-electron chi connectivity index (χ0n) is 12.0.